The van der Waals surface area contributed by atoms with Crippen LogP contribution in [0.4, 0.5) is 4.79 Å². The van der Waals surface area contributed by atoms with E-state index in [9.17, 15) is 19.5 Å². The summed E-state index contributed by atoms with van der Waals surface area (Å²) in [5, 5.41) is 12.4. The summed E-state index contributed by atoms with van der Waals surface area (Å²) in [4.78, 5) is 38.9. The fourth-order valence-electron chi connectivity index (χ4n) is 5.46. The lowest BCUT2D eigenvalue weighted by Gasteiger charge is -2.24. The Balaban J connectivity index is 1.36. The van der Waals surface area contributed by atoms with Crippen molar-refractivity contribution in [3.8, 4) is 11.1 Å². The molecule has 35 heavy (non-hydrogen) atoms. The van der Waals surface area contributed by atoms with Gasteiger partial charge < -0.3 is 20.1 Å². The molecule has 1 saturated heterocycles. The predicted molar refractivity (Wildman–Crippen MR) is 133 cm³/mol. The van der Waals surface area contributed by atoms with Crippen LogP contribution in [-0.2, 0) is 14.3 Å². The summed E-state index contributed by atoms with van der Waals surface area (Å²) in [5.41, 5.74) is 4.14. The molecule has 7 heteroatoms. The molecule has 1 fully saturated rings. The summed E-state index contributed by atoms with van der Waals surface area (Å²) in [6.07, 6.45) is 1.02. The molecule has 0 aromatic heterocycles. The van der Waals surface area contributed by atoms with Gasteiger partial charge in [-0.1, -0.05) is 75.7 Å². The standard InChI is InChI=1S/C28H34N2O5/c1-4-9-18(14-25(31)30-15-24(26(32)33)28(2,3)17-30)29-27(34)35-16-23-21-12-7-5-10-19(21)20-11-6-8-13-22(20)23/h5-8,10-13,18,23-24H,4,9,14-17H2,1-3H3,(H,29,34)(H,32,33)/t18-,24?/m0/s1. The van der Waals surface area contributed by atoms with Gasteiger partial charge in [0.2, 0.25) is 5.91 Å². The van der Waals surface area contributed by atoms with Crippen LogP contribution >= 0.6 is 0 Å². The van der Waals surface area contributed by atoms with Gasteiger partial charge in [-0.05, 0) is 34.1 Å². The topological polar surface area (TPSA) is 95.9 Å². The molecule has 4 rings (SSSR count). The third-order valence-electron chi connectivity index (χ3n) is 7.32. The van der Waals surface area contributed by atoms with Gasteiger partial charge in [-0.2, -0.15) is 0 Å². The number of carboxylic acids is 1. The lowest BCUT2D eigenvalue weighted by molar-refractivity contribution is -0.144. The molecule has 0 spiro atoms. The maximum Gasteiger partial charge on any atom is 0.407 e. The molecule has 2 N–H and O–H groups in total. The zero-order valence-corrected chi connectivity index (χ0v) is 20.6. The molecule has 2 aliphatic rings. The van der Waals surface area contributed by atoms with E-state index in [2.05, 4.69) is 29.6 Å². The number of ether oxygens (including phenoxy) is 1. The maximum atomic E-state index is 13.0. The molecule has 2 aromatic carbocycles. The van der Waals surface area contributed by atoms with Gasteiger partial charge >= 0.3 is 12.1 Å². The Kier molecular flexibility index (Phi) is 7.15. The number of nitrogens with zero attached hydrogens (tertiary/aromatic N) is 1. The number of hydrogen-bond acceptors (Lipinski definition) is 4. The SMILES string of the molecule is CCC[C@@H](CC(=O)N1CC(C(=O)O)C(C)(C)C1)NC(=O)OCC1c2ccccc2-c2ccccc21. The maximum absolute atomic E-state index is 13.0. The molecule has 2 aromatic rings. The summed E-state index contributed by atoms with van der Waals surface area (Å²) in [6, 6.07) is 16.0. The van der Waals surface area contributed by atoms with Crippen LogP contribution in [0.3, 0.4) is 0 Å². The first kappa shape index (κ1) is 24.8. The average molecular weight is 479 g/mol. The van der Waals surface area contributed by atoms with Crippen molar-refractivity contribution in [1.29, 1.82) is 0 Å². The zero-order valence-electron chi connectivity index (χ0n) is 20.6. The Morgan fingerprint density at radius 3 is 2.23 bits per heavy atom. The van der Waals surface area contributed by atoms with Crippen molar-refractivity contribution >= 4 is 18.0 Å². The van der Waals surface area contributed by atoms with Crippen LogP contribution in [0.2, 0.25) is 0 Å². The van der Waals surface area contributed by atoms with Crippen molar-refractivity contribution in [2.24, 2.45) is 11.3 Å². The molecule has 186 valence electrons. The van der Waals surface area contributed by atoms with E-state index in [4.69, 9.17) is 4.74 Å². The summed E-state index contributed by atoms with van der Waals surface area (Å²) in [5.74, 6) is -1.64. The Labute approximate surface area is 206 Å². The normalized spacial score (nSPS) is 19.1. The third-order valence-corrected chi connectivity index (χ3v) is 7.32. The molecule has 1 heterocycles. The number of amides is 2. The van der Waals surface area contributed by atoms with Crippen molar-refractivity contribution in [2.75, 3.05) is 19.7 Å². The van der Waals surface area contributed by atoms with Gasteiger partial charge in [0.1, 0.15) is 6.61 Å². The van der Waals surface area contributed by atoms with Gasteiger partial charge in [-0.3, -0.25) is 9.59 Å². The summed E-state index contributed by atoms with van der Waals surface area (Å²) in [7, 11) is 0. The highest BCUT2D eigenvalue weighted by atomic mass is 16.5. The van der Waals surface area contributed by atoms with Crippen molar-refractivity contribution in [3.63, 3.8) is 0 Å². The fraction of sp³-hybridized carbons (Fsp3) is 0.464. The number of likely N-dealkylation sites (tertiary alicyclic amines) is 1. The molecule has 1 aliphatic carbocycles. The summed E-state index contributed by atoms with van der Waals surface area (Å²) in [6.45, 7) is 6.55. The number of nitrogens with one attached hydrogen (secondary N) is 1. The number of hydrogen-bond donors (Lipinski definition) is 2. The van der Waals surface area contributed by atoms with Crippen molar-refractivity contribution in [1.82, 2.24) is 10.2 Å². The van der Waals surface area contributed by atoms with Crippen LogP contribution in [0, 0.1) is 11.3 Å². The first-order valence-electron chi connectivity index (χ1n) is 12.3. The monoisotopic (exact) mass is 478 g/mol. The Bertz CT molecular complexity index is 1070. The first-order chi connectivity index (χ1) is 16.7. The molecule has 2 atom stereocenters. The minimum atomic E-state index is -0.882. The van der Waals surface area contributed by atoms with Crippen LogP contribution in [0.5, 0.6) is 0 Å². The van der Waals surface area contributed by atoms with E-state index >= 15 is 0 Å². The number of carbonyl (C=O) groups is 3. The smallest absolute Gasteiger partial charge is 0.407 e. The second-order valence-electron chi connectivity index (χ2n) is 10.3. The fourth-order valence-corrected chi connectivity index (χ4v) is 5.46. The van der Waals surface area contributed by atoms with E-state index in [1.165, 1.54) is 11.1 Å². The lowest BCUT2D eigenvalue weighted by Crippen LogP contribution is -2.41. The van der Waals surface area contributed by atoms with Crippen molar-refractivity contribution in [2.45, 2.75) is 52.0 Å². The predicted octanol–water partition coefficient (Wildman–Crippen LogP) is 4.65. The zero-order chi connectivity index (χ0) is 25.2. The molecule has 0 saturated carbocycles. The molecule has 7 nitrogen and oxygen atoms in total. The third kappa shape index (κ3) is 5.19. The average Bonchev–Trinajstić information content (AvgIpc) is 3.32. The van der Waals surface area contributed by atoms with E-state index in [1.54, 1.807) is 4.90 Å². The molecular formula is C28H34N2O5. The van der Waals surface area contributed by atoms with Crippen LogP contribution in [-0.4, -0.2) is 53.7 Å². The number of benzene rings is 2. The largest absolute Gasteiger partial charge is 0.481 e. The van der Waals surface area contributed by atoms with Gasteiger partial charge in [-0.15, -0.1) is 0 Å². The highest BCUT2D eigenvalue weighted by Gasteiger charge is 2.45. The summed E-state index contributed by atoms with van der Waals surface area (Å²) < 4.78 is 5.65. The van der Waals surface area contributed by atoms with Crippen LogP contribution in [0.15, 0.2) is 48.5 Å². The van der Waals surface area contributed by atoms with E-state index < -0.39 is 23.4 Å². The second kappa shape index (κ2) is 10.1. The molecule has 2 amide bonds. The van der Waals surface area contributed by atoms with Crippen molar-refractivity contribution < 1.29 is 24.2 Å². The first-order valence-corrected chi connectivity index (χ1v) is 12.3. The van der Waals surface area contributed by atoms with Gasteiger partial charge in [0.05, 0.1) is 5.92 Å². The van der Waals surface area contributed by atoms with Gasteiger partial charge in [-0.25, -0.2) is 4.79 Å². The quantitative estimate of drug-likeness (QED) is 0.576. The Hall–Kier alpha value is -3.35. The highest BCUT2D eigenvalue weighted by molar-refractivity contribution is 5.81. The molecule has 0 bridgehead atoms. The Morgan fingerprint density at radius 2 is 1.69 bits per heavy atom. The van der Waals surface area contributed by atoms with Gasteiger partial charge in [0, 0.05) is 31.5 Å². The Morgan fingerprint density at radius 1 is 1.09 bits per heavy atom. The number of aliphatic carboxylic acids is 1. The van der Waals surface area contributed by atoms with Gasteiger partial charge in [0.15, 0.2) is 0 Å². The van der Waals surface area contributed by atoms with Gasteiger partial charge in [0.25, 0.3) is 0 Å². The number of alkyl carbamates (subject to hydrolysis) is 1. The number of carbonyl (C=O) groups excluding carboxylic acids is 2. The molecule has 1 aliphatic heterocycles. The van der Waals surface area contributed by atoms with E-state index in [0.717, 1.165) is 17.5 Å². The van der Waals surface area contributed by atoms with E-state index in [1.807, 2.05) is 45.0 Å². The molecule has 0 radical (unpaired) electrons. The van der Waals surface area contributed by atoms with E-state index in [-0.39, 0.29) is 37.4 Å². The second-order valence-corrected chi connectivity index (χ2v) is 10.3. The highest BCUT2D eigenvalue weighted by Crippen LogP contribution is 2.44. The molecule has 1 unspecified atom stereocenters. The van der Waals surface area contributed by atoms with Crippen molar-refractivity contribution in [3.05, 3.63) is 59.7 Å². The molecular weight excluding hydrogens is 444 g/mol. The number of carboxylic acid groups (broad SMARTS) is 1. The van der Waals surface area contributed by atoms with Crippen LogP contribution in [0.1, 0.15) is 57.1 Å². The lowest BCUT2D eigenvalue weighted by atomic mass is 9.82. The van der Waals surface area contributed by atoms with E-state index in [0.29, 0.717) is 13.0 Å². The number of fused-ring (bicyclic) bond motifs is 3. The summed E-state index contributed by atoms with van der Waals surface area (Å²) >= 11 is 0. The minimum absolute atomic E-state index is 0.0285. The van der Waals surface area contributed by atoms with Crippen LogP contribution < -0.4 is 5.32 Å². The minimum Gasteiger partial charge on any atom is -0.481 e. The van der Waals surface area contributed by atoms with Crippen LogP contribution in [0.25, 0.3) is 11.1 Å². The number of rotatable bonds is 8.